The van der Waals surface area contributed by atoms with Crippen molar-refractivity contribution in [2.75, 3.05) is 20.8 Å². The monoisotopic (exact) mass is 719 g/mol. The fourth-order valence-electron chi connectivity index (χ4n) is 2.18. The average molecular weight is 723 g/mol. The Morgan fingerprint density at radius 3 is 1.79 bits per heavy atom. The third kappa shape index (κ3) is 9.22. The van der Waals surface area contributed by atoms with Gasteiger partial charge in [0.15, 0.2) is 0 Å². The molecular formula is C20H18Br4FNO7. The van der Waals surface area contributed by atoms with Crippen LogP contribution in [0, 0.1) is 0 Å². The van der Waals surface area contributed by atoms with Gasteiger partial charge in [-0.3, -0.25) is 9.59 Å². The molecule has 2 aromatic rings. The third-order valence-electron chi connectivity index (χ3n) is 3.85. The number of ether oxygens (including phenoxy) is 2. The van der Waals surface area contributed by atoms with Crippen LogP contribution in [0.1, 0.15) is 15.9 Å². The first kappa shape index (κ1) is 29.3. The molecule has 2 rings (SSSR count). The lowest BCUT2D eigenvalue weighted by Gasteiger charge is -2.08. The molecule has 0 spiro atoms. The first-order valence-electron chi connectivity index (χ1n) is 8.83. The molecule has 0 saturated heterocycles. The molecular weight excluding hydrogens is 705 g/mol. The highest BCUT2D eigenvalue weighted by atomic mass is 79.9. The fraction of sp³-hybridized carbons (Fsp3) is 0.250. The Bertz CT molecular complexity index is 989. The van der Waals surface area contributed by atoms with E-state index in [9.17, 15) is 29.0 Å². The Kier molecular flexibility index (Phi) is 12.3. The van der Waals surface area contributed by atoms with Crippen molar-refractivity contribution in [3.63, 3.8) is 0 Å². The molecule has 0 heterocycles. The summed E-state index contributed by atoms with van der Waals surface area (Å²) in [5.74, 6) is -1.82. The van der Waals surface area contributed by atoms with Crippen molar-refractivity contribution in [1.29, 1.82) is 0 Å². The highest BCUT2D eigenvalue weighted by Crippen LogP contribution is 2.34. The lowest BCUT2D eigenvalue weighted by atomic mass is 10.1. The molecule has 1 amide bonds. The average Bonchev–Trinajstić information content (AvgIpc) is 2.78. The maximum absolute atomic E-state index is 13.3. The standard InChI is InChI=1S/C10H9Br2FO3.C10H9Br2NO4/c1-16-10(15)8(13)4-5-2-6(11)9(14)7(12)3-5;1-17-8(14)4-13-10(16)5-2-6(11)9(15)7(12)3-5/h2-3,8,14H,4H2,1H3;2-3,15H,4H2,1H3,(H,13,16). The molecule has 0 aliphatic rings. The summed E-state index contributed by atoms with van der Waals surface area (Å²) < 4.78 is 23.6. The van der Waals surface area contributed by atoms with Crippen molar-refractivity contribution in [1.82, 2.24) is 5.32 Å². The molecule has 8 nitrogen and oxygen atoms in total. The minimum absolute atomic E-state index is 0.00881. The van der Waals surface area contributed by atoms with Gasteiger partial charge in [-0.2, -0.15) is 0 Å². The molecule has 1 atom stereocenters. The fourth-order valence-corrected chi connectivity index (χ4v) is 4.65. The highest BCUT2D eigenvalue weighted by Gasteiger charge is 2.19. The van der Waals surface area contributed by atoms with Crippen LogP contribution in [-0.4, -0.2) is 55.0 Å². The van der Waals surface area contributed by atoms with E-state index in [1.807, 2.05) is 0 Å². The van der Waals surface area contributed by atoms with Crippen LogP contribution in [0.3, 0.4) is 0 Å². The zero-order valence-corrected chi connectivity index (χ0v) is 23.5. The van der Waals surface area contributed by atoms with Crippen molar-refractivity contribution in [2.24, 2.45) is 0 Å². The van der Waals surface area contributed by atoms with Crippen LogP contribution in [0.2, 0.25) is 0 Å². The Hall–Kier alpha value is -1.70. The number of amides is 1. The zero-order chi connectivity index (χ0) is 25.3. The second-order valence-corrected chi connectivity index (χ2v) is 9.57. The summed E-state index contributed by atoms with van der Waals surface area (Å²) in [6, 6.07) is 6.00. The molecule has 0 bridgehead atoms. The number of phenols is 2. The topological polar surface area (TPSA) is 122 Å². The first-order chi connectivity index (χ1) is 15.4. The van der Waals surface area contributed by atoms with E-state index in [0.717, 1.165) is 7.11 Å². The molecule has 0 aliphatic heterocycles. The van der Waals surface area contributed by atoms with Gasteiger partial charge in [-0.25, -0.2) is 9.18 Å². The Balaban J connectivity index is 0.000000331. The molecule has 0 radical (unpaired) electrons. The van der Waals surface area contributed by atoms with Crippen LogP contribution in [0.15, 0.2) is 42.2 Å². The minimum Gasteiger partial charge on any atom is -0.506 e. The van der Waals surface area contributed by atoms with Crippen molar-refractivity contribution >= 4 is 81.6 Å². The van der Waals surface area contributed by atoms with E-state index in [1.165, 1.54) is 19.2 Å². The van der Waals surface area contributed by atoms with E-state index >= 15 is 0 Å². The number of phenolic OH excluding ortho intramolecular Hbond substituents is 2. The number of methoxy groups -OCH3 is 2. The number of hydrogen-bond donors (Lipinski definition) is 3. The summed E-state index contributed by atoms with van der Waals surface area (Å²) in [6.07, 6.45) is -1.79. The van der Waals surface area contributed by atoms with Gasteiger partial charge in [-0.05, 0) is 93.5 Å². The molecule has 3 N–H and O–H groups in total. The Morgan fingerprint density at radius 2 is 1.36 bits per heavy atom. The minimum atomic E-state index is -1.70. The van der Waals surface area contributed by atoms with Crippen LogP contribution in [0.4, 0.5) is 4.39 Å². The van der Waals surface area contributed by atoms with Crippen LogP contribution >= 0.6 is 63.7 Å². The number of esters is 2. The summed E-state index contributed by atoms with van der Waals surface area (Å²) in [6.45, 7) is -0.203. The van der Waals surface area contributed by atoms with E-state index in [2.05, 4.69) is 78.5 Å². The van der Waals surface area contributed by atoms with Gasteiger partial charge in [-0.1, -0.05) is 0 Å². The second kappa shape index (κ2) is 13.9. The number of nitrogens with one attached hydrogen (secondary N) is 1. The Labute approximate surface area is 222 Å². The maximum Gasteiger partial charge on any atom is 0.340 e. The van der Waals surface area contributed by atoms with Crippen molar-refractivity contribution < 1.29 is 38.5 Å². The van der Waals surface area contributed by atoms with Gasteiger partial charge in [0.25, 0.3) is 5.91 Å². The van der Waals surface area contributed by atoms with Crippen LogP contribution in [0.25, 0.3) is 0 Å². The molecule has 13 heteroatoms. The molecule has 2 aromatic carbocycles. The molecule has 0 aromatic heterocycles. The second-order valence-electron chi connectivity index (χ2n) is 6.15. The van der Waals surface area contributed by atoms with Crippen LogP contribution in [0.5, 0.6) is 11.5 Å². The summed E-state index contributed by atoms with van der Waals surface area (Å²) in [4.78, 5) is 33.4. The molecule has 33 heavy (non-hydrogen) atoms. The Morgan fingerprint density at radius 1 is 0.909 bits per heavy atom. The number of halogens is 5. The smallest absolute Gasteiger partial charge is 0.340 e. The first-order valence-corrected chi connectivity index (χ1v) is 12.0. The number of hydrogen-bond acceptors (Lipinski definition) is 7. The van der Waals surface area contributed by atoms with E-state index in [0.29, 0.717) is 29.0 Å². The highest BCUT2D eigenvalue weighted by molar-refractivity contribution is 9.11. The van der Waals surface area contributed by atoms with Gasteiger partial charge in [0.2, 0.25) is 6.17 Å². The van der Waals surface area contributed by atoms with E-state index in [1.54, 1.807) is 12.1 Å². The van der Waals surface area contributed by atoms with Gasteiger partial charge < -0.3 is 25.0 Å². The number of aromatic hydroxyl groups is 2. The quantitative estimate of drug-likeness (QED) is 0.367. The lowest BCUT2D eigenvalue weighted by molar-refractivity contribution is -0.146. The van der Waals surface area contributed by atoms with Gasteiger partial charge in [0.05, 0.1) is 32.1 Å². The SMILES string of the molecule is COC(=O)C(F)Cc1cc(Br)c(O)c(Br)c1.COC(=O)CNC(=O)c1cc(Br)c(O)c(Br)c1. The van der Waals surface area contributed by atoms with E-state index in [-0.39, 0.29) is 24.5 Å². The summed E-state index contributed by atoms with van der Waals surface area (Å²) in [5.41, 5.74) is 0.889. The maximum atomic E-state index is 13.3. The van der Waals surface area contributed by atoms with Crippen LogP contribution in [-0.2, 0) is 25.5 Å². The molecule has 0 fully saturated rings. The normalized spacial score (nSPS) is 11.0. The van der Waals surface area contributed by atoms with Crippen molar-refractivity contribution in [3.8, 4) is 11.5 Å². The predicted molar refractivity (Wildman–Crippen MR) is 132 cm³/mol. The van der Waals surface area contributed by atoms with E-state index in [4.69, 9.17) is 0 Å². The van der Waals surface area contributed by atoms with Gasteiger partial charge >= 0.3 is 11.9 Å². The van der Waals surface area contributed by atoms with Crippen molar-refractivity contribution in [2.45, 2.75) is 12.6 Å². The van der Waals surface area contributed by atoms with Gasteiger partial charge in [0, 0.05) is 12.0 Å². The van der Waals surface area contributed by atoms with Crippen LogP contribution < -0.4 is 5.32 Å². The number of carbonyl (C=O) groups excluding carboxylic acids is 3. The number of carbonyl (C=O) groups is 3. The van der Waals surface area contributed by atoms with Gasteiger partial charge in [-0.15, -0.1) is 0 Å². The molecule has 0 saturated carbocycles. The summed E-state index contributed by atoms with van der Waals surface area (Å²) >= 11 is 12.5. The predicted octanol–water partition coefficient (Wildman–Crippen LogP) is 4.79. The van der Waals surface area contributed by atoms with E-state index < -0.39 is 24.0 Å². The third-order valence-corrected chi connectivity index (χ3v) is 6.27. The number of benzene rings is 2. The number of rotatable bonds is 6. The molecule has 0 aliphatic carbocycles. The summed E-state index contributed by atoms with van der Waals surface area (Å²) in [5, 5.41) is 21.3. The molecule has 1 unspecified atom stereocenters. The molecule has 180 valence electrons. The van der Waals surface area contributed by atoms with Crippen molar-refractivity contribution in [3.05, 3.63) is 53.3 Å². The van der Waals surface area contributed by atoms with Gasteiger partial charge in [0.1, 0.15) is 18.0 Å². The largest absolute Gasteiger partial charge is 0.506 e. The summed E-state index contributed by atoms with van der Waals surface area (Å²) in [7, 11) is 2.37. The zero-order valence-electron chi connectivity index (χ0n) is 17.1. The number of alkyl halides is 1. The lowest BCUT2D eigenvalue weighted by Crippen LogP contribution is -2.30.